The van der Waals surface area contributed by atoms with Crippen molar-refractivity contribution in [2.24, 2.45) is 0 Å². The van der Waals surface area contributed by atoms with Crippen LogP contribution in [-0.4, -0.2) is 12.6 Å². The lowest BCUT2D eigenvalue weighted by Crippen LogP contribution is -2.19. The number of nitrogens with one attached hydrogen (secondary N) is 1. The third kappa shape index (κ3) is 4.74. The lowest BCUT2D eigenvalue weighted by Gasteiger charge is -2.20. The first-order chi connectivity index (χ1) is 11.8. The molecule has 2 aromatic carbocycles. The van der Waals surface area contributed by atoms with E-state index < -0.39 is 0 Å². The molecule has 0 heterocycles. The van der Waals surface area contributed by atoms with Crippen molar-refractivity contribution in [3.05, 3.63) is 64.7 Å². The molecule has 0 spiro atoms. The summed E-state index contributed by atoms with van der Waals surface area (Å²) in [5.41, 5.74) is 1.63. The summed E-state index contributed by atoms with van der Waals surface area (Å²) in [7, 11) is 0. The van der Waals surface area contributed by atoms with Crippen LogP contribution in [0.5, 0.6) is 5.75 Å². The van der Waals surface area contributed by atoms with Crippen LogP contribution in [0.25, 0.3) is 0 Å². The van der Waals surface area contributed by atoms with Gasteiger partial charge in [0.05, 0.1) is 5.56 Å². The van der Waals surface area contributed by atoms with E-state index >= 15 is 0 Å². The van der Waals surface area contributed by atoms with E-state index in [4.69, 9.17) is 16.3 Å². The predicted octanol–water partition coefficient (Wildman–Crippen LogP) is 4.86. The van der Waals surface area contributed by atoms with Crippen LogP contribution in [0.1, 0.15) is 42.9 Å². The van der Waals surface area contributed by atoms with Crippen molar-refractivity contribution in [1.29, 1.82) is 5.26 Å². The topological polar surface area (TPSA) is 45.0 Å². The minimum atomic E-state index is -0.0854. The van der Waals surface area contributed by atoms with Crippen LogP contribution in [-0.2, 0) is 0 Å². The zero-order chi connectivity index (χ0) is 16.8. The van der Waals surface area contributed by atoms with Crippen LogP contribution in [0.4, 0.5) is 0 Å². The highest BCUT2D eigenvalue weighted by Crippen LogP contribution is 2.30. The Morgan fingerprint density at radius 2 is 2.00 bits per heavy atom. The van der Waals surface area contributed by atoms with E-state index in [-0.39, 0.29) is 6.10 Å². The van der Waals surface area contributed by atoms with Crippen LogP contribution >= 0.6 is 11.6 Å². The average Bonchev–Trinajstić information content (AvgIpc) is 3.43. The minimum absolute atomic E-state index is 0.0854. The van der Waals surface area contributed by atoms with Gasteiger partial charge < -0.3 is 10.1 Å². The fourth-order valence-electron chi connectivity index (χ4n) is 2.68. The summed E-state index contributed by atoms with van der Waals surface area (Å²) < 4.78 is 6.19. The molecular weight excluding hydrogens is 320 g/mol. The van der Waals surface area contributed by atoms with Crippen LogP contribution in [0.15, 0.2) is 48.5 Å². The van der Waals surface area contributed by atoms with Crippen molar-refractivity contribution in [1.82, 2.24) is 5.32 Å². The highest BCUT2D eigenvalue weighted by Gasteiger charge is 2.20. The first-order valence-electron chi connectivity index (χ1n) is 8.41. The van der Waals surface area contributed by atoms with Gasteiger partial charge in [0.2, 0.25) is 0 Å². The molecule has 2 aromatic rings. The van der Waals surface area contributed by atoms with Gasteiger partial charge in [-0.15, -0.1) is 0 Å². The van der Waals surface area contributed by atoms with E-state index in [1.807, 2.05) is 18.2 Å². The highest BCUT2D eigenvalue weighted by molar-refractivity contribution is 6.30. The average molecular weight is 341 g/mol. The van der Waals surface area contributed by atoms with E-state index in [1.165, 1.54) is 12.8 Å². The molecule has 1 fully saturated rings. The Balaban J connectivity index is 1.71. The summed E-state index contributed by atoms with van der Waals surface area (Å²) in [6, 6.07) is 18.2. The van der Waals surface area contributed by atoms with E-state index in [0.29, 0.717) is 16.3 Å². The summed E-state index contributed by atoms with van der Waals surface area (Å²) >= 11 is 6.07. The van der Waals surface area contributed by atoms with Crippen LogP contribution in [0, 0.1) is 11.3 Å². The number of halogens is 1. The van der Waals surface area contributed by atoms with Crippen molar-refractivity contribution in [2.45, 2.75) is 37.8 Å². The number of nitriles is 1. The normalized spacial score (nSPS) is 14.8. The monoisotopic (exact) mass is 340 g/mol. The van der Waals surface area contributed by atoms with Gasteiger partial charge in [-0.2, -0.15) is 5.26 Å². The maximum absolute atomic E-state index is 9.29. The minimum Gasteiger partial charge on any atom is -0.484 e. The lowest BCUT2D eigenvalue weighted by molar-refractivity contribution is 0.191. The molecule has 0 aromatic heterocycles. The Bertz CT molecular complexity index is 707. The first kappa shape index (κ1) is 16.8. The van der Waals surface area contributed by atoms with Gasteiger partial charge in [-0.3, -0.25) is 0 Å². The van der Waals surface area contributed by atoms with Crippen LogP contribution in [0.2, 0.25) is 5.02 Å². The van der Waals surface area contributed by atoms with E-state index in [0.717, 1.165) is 31.0 Å². The first-order valence-corrected chi connectivity index (χ1v) is 8.78. The van der Waals surface area contributed by atoms with Crippen molar-refractivity contribution in [3.8, 4) is 11.8 Å². The second-order valence-corrected chi connectivity index (χ2v) is 6.58. The molecule has 0 amide bonds. The smallest absolute Gasteiger partial charge is 0.139 e. The number of benzene rings is 2. The van der Waals surface area contributed by atoms with Gasteiger partial charge in [-0.1, -0.05) is 41.9 Å². The van der Waals surface area contributed by atoms with Crippen LogP contribution in [0.3, 0.4) is 0 Å². The maximum Gasteiger partial charge on any atom is 0.139 e. The van der Waals surface area contributed by atoms with Gasteiger partial charge in [-0.05, 0) is 49.9 Å². The third-order valence-electron chi connectivity index (χ3n) is 4.16. The molecule has 0 unspecified atom stereocenters. The largest absolute Gasteiger partial charge is 0.484 e. The summed E-state index contributed by atoms with van der Waals surface area (Å²) in [6.07, 6.45) is 4.43. The Labute approximate surface area is 148 Å². The van der Waals surface area contributed by atoms with Crippen molar-refractivity contribution in [3.63, 3.8) is 0 Å². The number of nitrogens with zero attached hydrogens (tertiary/aromatic N) is 1. The zero-order valence-corrected chi connectivity index (χ0v) is 14.3. The molecule has 3 nitrogen and oxygen atoms in total. The number of ether oxygens (including phenoxy) is 1. The molecule has 1 aliphatic rings. The van der Waals surface area contributed by atoms with Gasteiger partial charge in [0.1, 0.15) is 17.9 Å². The number of hydrogen-bond acceptors (Lipinski definition) is 3. The van der Waals surface area contributed by atoms with Gasteiger partial charge in [0.15, 0.2) is 0 Å². The highest BCUT2D eigenvalue weighted by atomic mass is 35.5. The molecule has 1 N–H and O–H groups in total. The molecule has 0 radical (unpaired) electrons. The molecule has 124 valence electrons. The Kier molecular flexibility index (Phi) is 5.74. The second kappa shape index (κ2) is 8.19. The molecule has 1 aliphatic carbocycles. The molecule has 1 saturated carbocycles. The SMILES string of the molecule is N#Cc1ccc(Cl)cc1O[C@H](CCCNC1CC1)c1ccccc1. The predicted molar refractivity (Wildman–Crippen MR) is 96.2 cm³/mol. The standard InChI is InChI=1S/C20H21ClN2O/c21-17-9-8-16(14-22)20(13-17)24-19(15-5-2-1-3-6-15)7-4-12-23-18-10-11-18/h1-3,5-6,8-9,13,18-19,23H,4,7,10-12H2/t19-/m1/s1. The van der Waals surface area contributed by atoms with Gasteiger partial charge in [0, 0.05) is 17.1 Å². The molecule has 0 saturated heterocycles. The molecule has 0 aliphatic heterocycles. The summed E-state index contributed by atoms with van der Waals surface area (Å²) in [6.45, 7) is 0.998. The third-order valence-corrected chi connectivity index (χ3v) is 4.39. The van der Waals surface area contributed by atoms with Crippen molar-refractivity contribution < 1.29 is 4.74 Å². The molecule has 24 heavy (non-hydrogen) atoms. The van der Waals surface area contributed by atoms with Crippen LogP contribution < -0.4 is 10.1 Å². The van der Waals surface area contributed by atoms with E-state index in [2.05, 4.69) is 23.5 Å². The molecule has 0 bridgehead atoms. The van der Waals surface area contributed by atoms with Crippen molar-refractivity contribution >= 4 is 11.6 Å². The van der Waals surface area contributed by atoms with E-state index in [9.17, 15) is 5.26 Å². The van der Waals surface area contributed by atoms with E-state index in [1.54, 1.807) is 18.2 Å². The summed E-state index contributed by atoms with van der Waals surface area (Å²) in [4.78, 5) is 0. The second-order valence-electron chi connectivity index (χ2n) is 6.14. The Hall–Kier alpha value is -2.02. The molecule has 4 heteroatoms. The molecule has 1 atom stereocenters. The maximum atomic E-state index is 9.29. The van der Waals surface area contributed by atoms with Gasteiger partial charge in [-0.25, -0.2) is 0 Å². The Morgan fingerprint density at radius 3 is 2.71 bits per heavy atom. The lowest BCUT2D eigenvalue weighted by atomic mass is 10.0. The Morgan fingerprint density at radius 1 is 1.21 bits per heavy atom. The fourth-order valence-corrected chi connectivity index (χ4v) is 2.84. The molecule has 3 rings (SSSR count). The van der Waals surface area contributed by atoms with Gasteiger partial charge >= 0.3 is 0 Å². The quantitative estimate of drug-likeness (QED) is 0.698. The number of hydrogen-bond donors (Lipinski definition) is 1. The van der Waals surface area contributed by atoms with Gasteiger partial charge in [0.25, 0.3) is 0 Å². The summed E-state index contributed by atoms with van der Waals surface area (Å²) in [5.74, 6) is 0.550. The fraction of sp³-hybridized carbons (Fsp3) is 0.350. The van der Waals surface area contributed by atoms with Crippen molar-refractivity contribution in [2.75, 3.05) is 6.54 Å². The summed E-state index contributed by atoms with van der Waals surface area (Å²) in [5, 5.41) is 13.4. The zero-order valence-electron chi connectivity index (χ0n) is 13.5. The molecular formula is C20H21ClN2O. The number of rotatable bonds is 8.